The molecule has 2 aromatic heterocycles. The van der Waals surface area contributed by atoms with E-state index in [0.29, 0.717) is 6.54 Å². The first-order chi connectivity index (χ1) is 13.3. The summed E-state index contributed by atoms with van der Waals surface area (Å²) in [4.78, 5) is 16.6. The van der Waals surface area contributed by atoms with Gasteiger partial charge in [0.05, 0.1) is 11.4 Å². The quantitative estimate of drug-likeness (QED) is 0.733. The molecule has 1 aromatic carbocycles. The first-order valence-corrected chi connectivity index (χ1v) is 9.34. The van der Waals surface area contributed by atoms with Crippen molar-refractivity contribution in [3.63, 3.8) is 0 Å². The van der Waals surface area contributed by atoms with Gasteiger partial charge >= 0.3 is 0 Å². The van der Waals surface area contributed by atoms with Gasteiger partial charge in [0, 0.05) is 42.2 Å². The molecule has 1 aliphatic rings. The number of carbonyl (C=O) groups excluding carboxylic acids is 1. The first-order valence-electron chi connectivity index (χ1n) is 9.34. The minimum atomic E-state index is 0.0970. The SMILES string of the molecule is O=C(NCc1cn(-c2ccccc2)nc1-c1ccncc1)C1CCNCC1. The zero-order chi connectivity index (χ0) is 18.5. The summed E-state index contributed by atoms with van der Waals surface area (Å²) in [6.45, 7) is 2.28. The van der Waals surface area contributed by atoms with Gasteiger partial charge in [-0.3, -0.25) is 9.78 Å². The van der Waals surface area contributed by atoms with Crippen LogP contribution in [0.2, 0.25) is 0 Å². The van der Waals surface area contributed by atoms with Crippen molar-refractivity contribution >= 4 is 5.91 Å². The van der Waals surface area contributed by atoms with E-state index in [1.54, 1.807) is 12.4 Å². The fourth-order valence-electron chi connectivity index (χ4n) is 3.42. The van der Waals surface area contributed by atoms with Crippen molar-refractivity contribution in [3.05, 3.63) is 66.6 Å². The predicted molar refractivity (Wildman–Crippen MR) is 104 cm³/mol. The minimum Gasteiger partial charge on any atom is -0.352 e. The van der Waals surface area contributed by atoms with Crippen molar-refractivity contribution in [2.45, 2.75) is 19.4 Å². The van der Waals surface area contributed by atoms with Crippen LogP contribution >= 0.6 is 0 Å². The van der Waals surface area contributed by atoms with Gasteiger partial charge in [-0.05, 0) is 50.2 Å². The van der Waals surface area contributed by atoms with E-state index >= 15 is 0 Å². The summed E-state index contributed by atoms with van der Waals surface area (Å²) < 4.78 is 1.86. The lowest BCUT2D eigenvalue weighted by atomic mass is 9.97. The van der Waals surface area contributed by atoms with E-state index in [4.69, 9.17) is 5.10 Å². The lowest BCUT2D eigenvalue weighted by Crippen LogP contribution is -2.37. The Hall–Kier alpha value is -2.99. The third kappa shape index (κ3) is 4.06. The van der Waals surface area contributed by atoms with Gasteiger partial charge in [0.2, 0.25) is 5.91 Å². The van der Waals surface area contributed by atoms with Gasteiger partial charge in [-0.15, -0.1) is 0 Å². The summed E-state index contributed by atoms with van der Waals surface area (Å²) in [6.07, 6.45) is 7.30. The van der Waals surface area contributed by atoms with E-state index in [9.17, 15) is 4.79 Å². The molecule has 4 rings (SSSR count). The second-order valence-corrected chi connectivity index (χ2v) is 6.76. The van der Waals surface area contributed by atoms with Gasteiger partial charge in [-0.2, -0.15) is 5.10 Å². The molecule has 138 valence electrons. The fourth-order valence-corrected chi connectivity index (χ4v) is 3.42. The Kier molecular flexibility index (Phi) is 5.25. The summed E-state index contributed by atoms with van der Waals surface area (Å²) in [5, 5.41) is 11.2. The van der Waals surface area contributed by atoms with Gasteiger partial charge in [-0.25, -0.2) is 4.68 Å². The molecular weight excluding hydrogens is 338 g/mol. The maximum Gasteiger partial charge on any atom is 0.223 e. The number of benzene rings is 1. The maximum atomic E-state index is 12.5. The number of nitrogens with one attached hydrogen (secondary N) is 2. The van der Waals surface area contributed by atoms with Gasteiger partial charge in [0.25, 0.3) is 0 Å². The Morgan fingerprint density at radius 1 is 1.11 bits per heavy atom. The number of piperidine rings is 1. The van der Waals surface area contributed by atoms with Gasteiger partial charge < -0.3 is 10.6 Å². The van der Waals surface area contributed by atoms with Crippen LogP contribution in [0.5, 0.6) is 0 Å². The third-order valence-electron chi connectivity index (χ3n) is 4.93. The number of hydrogen-bond donors (Lipinski definition) is 2. The highest BCUT2D eigenvalue weighted by molar-refractivity contribution is 5.79. The van der Waals surface area contributed by atoms with E-state index in [1.807, 2.05) is 53.3 Å². The van der Waals surface area contributed by atoms with Crippen LogP contribution in [-0.4, -0.2) is 33.8 Å². The molecule has 1 fully saturated rings. The molecule has 27 heavy (non-hydrogen) atoms. The average molecular weight is 361 g/mol. The third-order valence-corrected chi connectivity index (χ3v) is 4.93. The molecule has 0 aliphatic carbocycles. The summed E-state index contributed by atoms with van der Waals surface area (Å²) in [5.41, 5.74) is 3.84. The fraction of sp³-hybridized carbons (Fsp3) is 0.286. The van der Waals surface area contributed by atoms with E-state index in [0.717, 1.165) is 48.4 Å². The maximum absolute atomic E-state index is 12.5. The second-order valence-electron chi connectivity index (χ2n) is 6.76. The van der Waals surface area contributed by atoms with Crippen molar-refractivity contribution in [3.8, 4) is 16.9 Å². The van der Waals surface area contributed by atoms with Gasteiger partial charge in [0.1, 0.15) is 0 Å². The van der Waals surface area contributed by atoms with E-state index < -0.39 is 0 Å². The molecule has 1 aliphatic heterocycles. The Balaban J connectivity index is 1.58. The van der Waals surface area contributed by atoms with Crippen LogP contribution in [-0.2, 0) is 11.3 Å². The molecule has 6 heteroatoms. The Bertz CT molecular complexity index is 885. The average Bonchev–Trinajstić information content (AvgIpc) is 3.18. The molecular formula is C21H23N5O. The number of carbonyl (C=O) groups is 1. The van der Waals surface area contributed by atoms with Gasteiger partial charge in [0.15, 0.2) is 0 Å². The molecule has 0 spiro atoms. The highest BCUT2D eigenvalue weighted by Crippen LogP contribution is 2.23. The summed E-state index contributed by atoms with van der Waals surface area (Å²) in [6, 6.07) is 13.9. The van der Waals surface area contributed by atoms with Crippen LogP contribution in [0.4, 0.5) is 0 Å². The number of nitrogens with zero attached hydrogens (tertiary/aromatic N) is 3. The predicted octanol–water partition coefficient (Wildman–Crippen LogP) is 2.55. The molecule has 0 radical (unpaired) electrons. The molecule has 0 bridgehead atoms. The zero-order valence-electron chi connectivity index (χ0n) is 15.1. The van der Waals surface area contributed by atoms with Crippen molar-refractivity contribution < 1.29 is 4.79 Å². The Labute approximate surface area is 158 Å². The summed E-state index contributed by atoms with van der Waals surface area (Å²) >= 11 is 0. The van der Waals surface area contributed by atoms with Gasteiger partial charge in [-0.1, -0.05) is 18.2 Å². The number of pyridine rings is 1. The molecule has 0 unspecified atom stereocenters. The largest absolute Gasteiger partial charge is 0.352 e. The summed E-state index contributed by atoms with van der Waals surface area (Å²) in [5.74, 6) is 0.226. The van der Waals surface area contributed by atoms with Crippen molar-refractivity contribution in [1.82, 2.24) is 25.4 Å². The Morgan fingerprint density at radius 2 is 1.85 bits per heavy atom. The minimum absolute atomic E-state index is 0.0970. The second kappa shape index (κ2) is 8.14. The topological polar surface area (TPSA) is 71.8 Å². The van der Waals surface area contributed by atoms with Crippen LogP contribution in [0.25, 0.3) is 16.9 Å². The van der Waals surface area contributed by atoms with Crippen LogP contribution in [0, 0.1) is 5.92 Å². The van der Waals surface area contributed by atoms with Crippen molar-refractivity contribution in [2.24, 2.45) is 5.92 Å². The standard InChI is InChI=1S/C21H23N5O/c27-21(17-8-12-23-13-9-17)24-14-18-15-26(19-4-2-1-3-5-19)25-20(18)16-6-10-22-11-7-16/h1-7,10-11,15,17,23H,8-9,12-14H2,(H,24,27). The van der Waals surface area contributed by atoms with Crippen LogP contribution in [0.15, 0.2) is 61.1 Å². The Morgan fingerprint density at radius 3 is 2.59 bits per heavy atom. The molecule has 1 saturated heterocycles. The normalized spacial score (nSPS) is 14.8. The van der Waals surface area contributed by atoms with Crippen molar-refractivity contribution in [2.75, 3.05) is 13.1 Å². The molecule has 0 atom stereocenters. The number of hydrogen-bond acceptors (Lipinski definition) is 4. The highest BCUT2D eigenvalue weighted by atomic mass is 16.1. The molecule has 1 amide bonds. The molecule has 3 heterocycles. The van der Waals surface area contributed by atoms with E-state index in [2.05, 4.69) is 15.6 Å². The molecule has 6 nitrogen and oxygen atoms in total. The smallest absolute Gasteiger partial charge is 0.223 e. The molecule has 0 saturated carbocycles. The number of amides is 1. The summed E-state index contributed by atoms with van der Waals surface area (Å²) in [7, 11) is 0. The van der Waals surface area contributed by atoms with Crippen molar-refractivity contribution in [1.29, 1.82) is 0 Å². The highest BCUT2D eigenvalue weighted by Gasteiger charge is 2.21. The molecule has 3 aromatic rings. The molecule has 2 N–H and O–H groups in total. The van der Waals surface area contributed by atoms with E-state index in [1.165, 1.54) is 0 Å². The van der Waals surface area contributed by atoms with Crippen LogP contribution in [0.1, 0.15) is 18.4 Å². The first kappa shape index (κ1) is 17.4. The van der Waals surface area contributed by atoms with E-state index in [-0.39, 0.29) is 11.8 Å². The number of aromatic nitrogens is 3. The lowest BCUT2D eigenvalue weighted by Gasteiger charge is -2.21. The monoisotopic (exact) mass is 361 g/mol. The van der Waals surface area contributed by atoms with Crippen LogP contribution in [0.3, 0.4) is 0 Å². The number of para-hydroxylation sites is 1. The zero-order valence-corrected chi connectivity index (χ0v) is 15.1. The van der Waals surface area contributed by atoms with Crippen LogP contribution < -0.4 is 10.6 Å². The number of rotatable bonds is 5. The lowest BCUT2D eigenvalue weighted by molar-refractivity contribution is -0.125.